The molecule has 2 heterocycles. The highest BCUT2D eigenvalue weighted by Gasteiger charge is 2.15. The van der Waals surface area contributed by atoms with Crippen LogP contribution in [0.5, 0.6) is 5.95 Å². The van der Waals surface area contributed by atoms with Crippen LogP contribution >= 0.6 is 15.9 Å². The molecule has 1 aliphatic heterocycles. The van der Waals surface area contributed by atoms with Gasteiger partial charge in [0.25, 0.3) is 5.95 Å². The zero-order valence-electron chi connectivity index (χ0n) is 7.25. The van der Waals surface area contributed by atoms with E-state index in [1.54, 1.807) is 6.26 Å². The Morgan fingerprint density at radius 3 is 3.15 bits per heavy atom. The van der Waals surface area contributed by atoms with Gasteiger partial charge in [-0.05, 0) is 35.3 Å². The van der Waals surface area contributed by atoms with Gasteiger partial charge in [-0.2, -0.15) is 0 Å². The highest BCUT2D eigenvalue weighted by Crippen LogP contribution is 2.22. The van der Waals surface area contributed by atoms with Gasteiger partial charge in [-0.15, -0.1) is 0 Å². The molecular formula is C9H12BrNO2. The van der Waals surface area contributed by atoms with Crippen LogP contribution in [-0.2, 0) is 0 Å². The Kier molecular flexibility index (Phi) is 2.90. The standard InChI is InChI=1S/C9H12BrNO2/c10-7-4-9(12-6-7)13-8-2-1-3-11-5-8/h4,6,8,11H,1-3,5H2. The molecule has 1 unspecified atom stereocenters. The average Bonchev–Trinajstić information content (AvgIpc) is 2.53. The van der Waals surface area contributed by atoms with Crippen LogP contribution < -0.4 is 10.1 Å². The van der Waals surface area contributed by atoms with E-state index in [1.165, 1.54) is 6.42 Å². The molecule has 1 fully saturated rings. The van der Waals surface area contributed by atoms with E-state index in [0.29, 0.717) is 5.95 Å². The number of piperidine rings is 1. The first-order valence-electron chi connectivity index (χ1n) is 4.46. The molecule has 1 aliphatic rings. The number of furan rings is 1. The van der Waals surface area contributed by atoms with Crippen molar-refractivity contribution in [1.29, 1.82) is 0 Å². The summed E-state index contributed by atoms with van der Waals surface area (Å²) in [5.41, 5.74) is 0. The molecule has 2 rings (SSSR count). The van der Waals surface area contributed by atoms with E-state index in [2.05, 4.69) is 21.2 Å². The van der Waals surface area contributed by atoms with Crippen LogP contribution in [-0.4, -0.2) is 19.2 Å². The molecule has 3 nitrogen and oxygen atoms in total. The third kappa shape index (κ3) is 2.48. The van der Waals surface area contributed by atoms with Crippen LogP contribution in [0.2, 0.25) is 0 Å². The van der Waals surface area contributed by atoms with Crippen LogP contribution in [0.3, 0.4) is 0 Å². The van der Waals surface area contributed by atoms with Crippen molar-refractivity contribution in [2.24, 2.45) is 0 Å². The predicted octanol–water partition coefficient (Wildman–Crippen LogP) is 2.17. The zero-order chi connectivity index (χ0) is 9.10. The second-order valence-electron chi connectivity index (χ2n) is 3.17. The van der Waals surface area contributed by atoms with Gasteiger partial charge in [-0.3, -0.25) is 0 Å². The minimum absolute atomic E-state index is 0.256. The molecule has 1 aromatic rings. The molecule has 1 N–H and O–H groups in total. The molecule has 1 atom stereocenters. The third-order valence-electron chi connectivity index (χ3n) is 2.08. The van der Waals surface area contributed by atoms with Crippen molar-refractivity contribution in [2.45, 2.75) is 18.9 Å². The molecule has 72 valence electrons. The topological polar surface area (TPSA) is 34.4 Å². The van der Waals surface area contributed by atoms with E-state index in [9.17, 15) is 0 Å². The molecular weight excluding hydrogens is 234 g/mol. The van der Waals surface area contributed by atoms with Crippen LogP contribution in [0, 0.1) is 0 Å². The van der Waals surface area contributed by atoms with E-state index >= 15 is 0 Å². The van der Waals surface area contributed by atoms with E-state index in [1.807, 2.05) is 6.07 Å². The largest absolute Gasteiger partial charge is 0.460 e. The SMILES string of the molecule is Brc1coc(OC2CCCNC2)c1. The fourth-order valence-corrected chi connectivity index (χ4v) is 1.72. The maximum atomic E-state index is 5.62. The molecule has 0 amide bonds. The minimum atomic E-state index is 0.256. The van der Waals surface area contributed by atoms with Crippen molar-refractivity contribution < 1.29 is 9.15 Å². The Morgan fingerprint density at radius 2 is 2.54 bits per heavy atom. The summed E-state index contributed by atoms with van der Waals surface area (Å²) in [7, 11) is 0. The summed E-state index contributed by atoms with van der Waals surface area (Å²) in [5, 5.41) is 3.28. The summed E-state index contributed by atoms with van der Waals surface area (Å²) in [6, 6.07) is 1.84. The lowest BCUT2D eigenvalue weighted by Crippen LogP contribution is -2.37. The molecule has 0 radical (unpaired) electrons. The first-order valence-corrected chi connectivity index (χ1v) is 5.25. The second-order valence-corrected chi connectivity index (χ2v) is 4.09. The summed E-state index contributed by atoms with van der Waals surface area (Å²) in [6.07, 6.45) is 4.16. The Morgan fingerprint density at radius 1 is 1.62 bits per heavy atom. The minimum Gasteiger partial charge on any atom is -0.460 e. The molecule has 1 saturated heterocycles. The van der Waals surface area contributed by atoms with Gasteiger partial charge in [0.05, 0.1) is 4.47 Å². The molecule has 0 aromatic carbocycles. The summed E-state index contributed by atoms with van der Waals surface area (Å²) in [5.74, 6) is 0.598. The lowest BCUT2D eigenvalue weighted by atomic mass is 10.1. The van der Waals surface area contributed by atoms with Gasteiger partial charge < -0.3 is 14.5 Å². The number of nitrogens with one attached hydrogen (secondary N) is 1. The first-order chi connectivity index (χ1) is 6.34. The smallest absolute Gasteiger partial charge is 0.285 e. The summed E-state index contributed by atoms with van der Waals surface area (Å²) < 4.78 is 11.7. The fourth-order valence-electron chi connectivity index (χ4n) is 1.44. The fraction of sp³-hybridized carbons (Fsp3) is 0.556. The highest BCUT2D eigenvalue weighted by molar-refractivity contribution is 9.10. The Hall–Kier alpha value is -0.480. The average molecular weight is 246 g/mol. The van der Waals surface area contributed by atoms with Crippen molar-refractivity contribution in [2.75, 3.05) is 13.1 Å². The Balaban J connectivity index is 1.89. The lowest BCUT2D eigenvalue weighted by Gasteiger charge is -2.22. The van der Waals surface area contributed by atoms with Gasteiger partial charge in [-0.25, -0.2) is 0 Å². The zero-order valence-corrected chi connectivity index (χ0v) is 8.84. The third-order valence-corrected chi connectivity index (χ3v) is 2.49. The van der Waals surface area contributed by atoms with Crippen molar-refractivity contribution in [3.63, 3.8) is 0 Å². The second kappa shape index (κ2) is 4.15. The molecule has 4 heteroatoms. The lowest BCUT2D eigenvalue weighted by molar-refractivity contribution is 0.130. The van der Waals surface area contributed by atoms with Crippen molar-refractivity contribution in [3.8, 4) is 5.95 Å². The molecule has 13 heavy (non-hydrogen) atoms. The normalized spacial score (nSPS) is 23.0. The number of rotatable bonds is 2. The van der Waals surface area contributed by atoms with Crippen LogP contribution in [0.4, 0.5) is 0 Å². The number of halogens is 1. The van der Waals surface area contributed by atoms with Gasteiger partial charge in [0.2, 0.25) is 0 Å². The van der Waals surface area contributed by atoms with Crippen LogP contribution in [0.1, 0.15) is 12.8 Å². The van der Waals surface area contributed by atoms with Gasteiger partial charge >= 0.3 is 0 Å². The van der Waals surface area contributed by atoms with E-state index in [4.69, 9.17) is 9.15 Å². The van der Waals surface area contributed by atoms with Gasteiger partial charge in [0, 0.05) is 12.6 Å². The van der Waals surface area contributed by atoms with Crippen LogP contribution in [0.25, 0.3) is 0 Å². The summed E-state index contributed by atoms with van der Waals surface area (Å²) >= 11 is 3.31. The molecule has 0 aliphatic carbocycles. The van der Waals surface area contributed by atoms with E-state index in [-0.39, 0.29) is 6.10 Å². The van der Waals surface area contributed by atoms with Crippen molar-refractivity contribution >= 4 is 15.9 Å². The van der Waals surface area contributed by atoms with Crippen molar-refractivity contribution in [3.05, 3.63) is 16.8 Å². The monoisotopic (exact) mass is 245 g/mol. The molecule has 0 spiro atoms. The molecule has 1 aromatic heterocycles. The predicted molar refractivity (Wildman–Crippen MR) is 52.9 cm³/mol. The van der Waals surface area contributed by atoms with E-state index < -0.39 is 0 Å². The highest BCUT2D eigenvalue weighted by atomic mass is 79.9. The van der Waals surface area contributed by atoms with Crippen LogP contribution in [0.15, 0.2) is 21.2 Å². The number of hydrogen-bond donors (Lipinski definition) is 1. The summed E-state index contributed by atoms with van der Waals surface area (Å²) in [4.78, 5) is 0. The quantitative estimate of drug-likeness (QED) is 0.868. The molecule has 0 saturated carbocycles. The van der Waals surface area contributed by atoms with E-state index in [0.717, 1.165) is 24.0 Å². The summed E-state index contributed by atoms with van der Waals surface area (Å²) in [6.45, 7) is 2.01. The Labute approximate surface area is 85.6 Å². The Bertz CT molecular complexity index is 268. The number of hydrogen-bond acceptors (Lipinski definition) is 3. The van der Waals surface area contributed by atoms with Crippen molar-refractivity contribution in [1.82, 2.24) is 5.32 Å². The molecule has 0 bridgehead atoms. The van der Waals surface area contributed by atoms with Gasteiger partial charge in [0.1, 0.15) is 12.4 Å². The van der Waals surface area contributed by atoms with Gasteiger partial charge in [0.15, 0.2) is 0 Å². The van der Waals surface area contributed by atoms with Gasteiger partial charge in [-0.1, -0.05) is 0 Å². The maximum Gasteiger partial charge on any atom is 0.285 e. The maximum absolute atomic E-state index is 5.62. The number of ether oxygens (including phenoxy) is 1. The first kappa shape index (κ1) is 9.09.